The van der Waals surface area contributed by atoms with Crippen LogP contribution in [0.4, 0.5) is 0 Å². The molecule has 1 aromatic heterocycles. The van der Waals surface area contributed by atoms with E-state index < -0.39 is 0 Å². The Bertz CT molecular complexity index is 317. The van der Waals surface area contributed by atoms with Gasteiger partial charge in [-0.1, -0.05) is 17.8 Å². The van der Waals surface area contributed by atoms with Crippen LogP contribution in [0.25, 0.3) is 0 Å². The fourth-order valence-corrected chi connectivity index (χ4v) is 1.51. The second-order valence-electron chi connectivity index (χ2n) is 2.52. The number of rotatable bonds is 4. The minimum Gasteiger partial charge on any atom is -0.391 e. The SMILES string of the molecule is C=CCO/N=C(\C)c1ncsc1C. The molecule has 0 N–H and O–H groups in total. The van der Waals surface area contributed by atoms with Gasteiger partial charge in [-0.25, -0.2) is 4.98 Å². The summed E-state index contributed by atoms with van der Waals surface area (Å²) in [6, 6.07) is 0. The maximum Gasteiger partial charge on any atom is 0.135 e. The molecule has 0 fully saturated rings. The Labute approximate surface area is 81.8 Å². The molecule has 0 aliphatic heterocycles. The number of thiazole rings is 1. The summed E-state index contributed by atoms with van der Waals surface area (Å²) in [5.41, 5.74) is 3.52. The maximum atomic E-state index is 4.96. The summed E-state index contributed by atoms with van der Waals surface area (Å²) in [6.45, 7) is 7.85. The molecule has 3 nitrogen and oxygen atoms in total. The topological polar surface area (TPSA) is 34.5 Å². The monoisotopic (exact) mass is 196 g/mol. The number of nitrogens with zero attached hydrogens (tertiary/aromatic N) is 2. The highest BCUT2D eigenvalue weighted by molar-refractivity contribution is 7.09. The summed E-state index contributed by atoms with van der Waals surface area (Å²) in [5.74, 6) is 0. The first kappa shape index (κ1) is 9.92. The van der Waals surface area contributed by atoms with E-state index in [1.165, 1.54) is 0 Å². The van der Waals surface area contributed by atoms with Crippen molar-refractivity contribution < 1.29 is 4.84 Å². The van der Waals surface area contributed by atoms with Gasteiger partial charge in [-0.05, 0) is 13.8 Å². The maximum absolute atomic E-state index is 4.96. The lowest BCUT2D eigenvalue weighted by molar-refractivity contribution is 0.175. The van der Waals surface area contributed by atoms with Crippen LogP contribution in [0, 0.1) is 6.92 Å². The summed E-state index contributed by atoms with van der Waals surface area (Å²) >= 11 is 1.60. The normalized spacial score (nSPS) is 11.4. The Hall–Kier alpha value is -1.16. The zero-order chi connectivity index (χ0) is 9.68. The highest BCUT2D eigenvalue weighted by Gasteiger charge is 2.04. The predicted octanol–water partition coefficient (Wildman–Crippen LogP) is 2.38. The van der Waals surface area contributed by atoms with Gasteiger partial charge in [0.2, 0.25) is 0 Å². The molecule has 1 rings (SSSR count). The molecule has 0 aromatic carbocycles. The van der Waals surface area contributed by atoms with Gasteiger partial charge < -0.3 is 4.84 Å². The van der Waals surface area contributed by atoms with Crippen LogP contribution in [-0.2, 0) is 4.84 Å². The number of hydrogen-bond donors (Lipinski definition) is 0. The lowest BCUT2D eigenvalue weighted by atomic mass is 10.3. The molecule has 0 bridgehead atoms. The van der Waals surface area contributed by atoms with Crippen LogP contribution in [0.1, 0.15) is 17.5 Å². The average molecular weight is 196 g/mol. The second-order valence-corrected chi connectivity index (χ2v) is 3.58. The van der Waals surface area contributed by atoms with Crippen molar-refractivity contribution in [1.82, 2.24) is 4.98 Å². The van der Waals surface area contributed by atoms with Crippen LogP contribution >= 0.6 is 11.3 Å². The lowest BCUT2D eigenvalue weighted by Gasteiger charge is -1.97. The smallest absolute Gasteiger partial charge is 0.135 e. The summed E-state index contributed by atoms with van der Waals surface area (Å²) in [6.07, 6.45) is 1.66. The molecular weight excluding hydrogens is 184 g/mol. The molecule has 1 aromatic rings. The molecule has 0 amide bonds. The zero-order valence-electron chi connectivity index (χ0n) is 7.78. The van der Waals surface area contributed by atoms with Gasteiger partial charge in [-0.2, -0.15) is 0 Å². The minimum atomic E-state index is 0.431. The van der Waals surface area contributed by atoms with Crippen molar-refractivity contribution >= 4 is 17.0 Å². The van der Waals surface area contributed by atoms with E-state index in [0.29, 0.717) is 6.61 Å². The first-order chi connectivity index (χ1) is 6.25. The molecule has 0 saturated heterocycles. The zero-order valence-corrected chi connectivity index (χ0v) is 8.60. The molecule has 0 spiro atoms. The standard InChI is InChI=1S/C9H12N2OS/c1-4-5-12-11-7(2)9-8(3)13-6-10-9/h4,6H,1,5H2,2-3H3/b11-7+. The first-order valence-electron chi connectivity index (χ1n) is 3.93. The summed E-state index contributed by atoms with van der Waals surface area (Å²) in [5, 5.41) is 3.91. The van der Waals surface area contributed by atoms with Crippen molar-refractivity contribution in [2.45, 2.75) is 13.8 Å². The van der Waals surface area contributed by atoms with E-state index in [1.54, 1.807) is 22.9 Å². The molecule has 0 saturated carbocycles. The van der Waals surface area contributed by atoms with E-state index in [0.717, 1.165) is 16.3 Å². The molecule has 13 heavy (non-hydrogen) atoms. The molecule has 0 unspecified atom stereocenters. The van der Waals surface area contributed by atoms with Crippen LogP contribution in [0.15, 0.2) is 23.3 Å². The number of hydrogen-bond acceptors (Lipinski definition) is 4. The third kappa shape index (κ3) is 2.66. The van der Waals surface area contributed by atoms with Crippen molar-refractivity contribution in [3.63, 3.8) is 0 Å². The fourth-order valence-electron chi connectivity index (χ4n) is 0.883. The molecular formula is C9H12N2OS. The van der Waals surface area contributed by atoms with E-state index in [4.69, 9.17) is 4.84 Å². The predicted molar refractivity (Wildman–Crippen MR) is 55.2 cm³/mol. The van der Waals surface area contributed by atoms with Gasteiger partial charge in [-0.3, -0.25) is 0 Å². The second kappa shape index (κ2) is 4.77. The Balaban J connectivity index is 2.67. The fraction of sp³-hybridized carbons (Fsp3) is 0.333. The molecule has 4 heteroatoms. The van der Waals surface area contributed by atoms with Crippen molar-refractivity contribution in [1.29, 1.82) is 0 Å². The van der Waals surface area contributed by atoms with Gasteiger partial charge in [0.25, 0.3) is 0 Å². The van der Waals surface area contributed by atoms with E-state index in [-0.39, 0.29) is 0 Å². The summed E-state index contributed by atoms with van der Waals surface area (Å²) < 4.78 is 0. The summed E-state index contributed by atoms with van der Waals surface area (Å²) in [7, 11) is 0. The van der Waals surface area contributed by atoms with Gasteiger partial charge in [0.1, 0.15) is 18.0 Å². The molecule has 0 aliphatic rings. The van der Waals surface area contributed by atoms with Crippen molar-refractivity contribution in [2.24, 2.45) is 5.16 Å². The molecule has 1 heterocycles. The molecule has 0 atom stereocenters. The quantitative estimate of drug-likeness (QED) is 0.321. The van der Waals surface area contributed by atoms with E-state index >= 15 is 0 Å². The Morgan fingerprint density at radius 1 is 1.85 bits per heavy atom. The van der Waals surface area contributed by atoms with Crippen molar-refractivity contribution in [3.05, 3.63) is 28.7 Å². The van der Waals surface area contributed by atoms with Crippen LogP contribution in [0.2, 0.25) is 0 Å². The third-order valence-electron chi connectivity index (χ3n) is 1.48. The number of oxime groups is 1. The van der Waals surface area contributed by atoms with Gasteiger partial charge in [0.15, 0.2) is 0 Å². The first-order valence-corrected chi connectivity index (χ1v) is 4.81. The average Bonchev–Trinajstić information content (AvgIpc) is 2.52. The van der Waals surface area contributed by atoms with Gasteiger partial charge >= 0.3 is 0 Å². The Morgan fingerprint density at radius 3 is 3.15 bits per heavy atom. The van der Waals surface area contributed by atoms with Gasteiger partial charge in [0.05, 0.1) is 5.51 Å². The van der Waals surface area contributed by atoms with Crippen LogP contribution < -0.4 is 0 Å². The van der Waals surface area contributed by atoms with E-state index in [1.807, 2.05) is 13.8 Å². The molecule has 70 valence electrons. The van der Waals surface area contributed by atoms with E-state index in [9.17, 15) is 0 Å². The van der Waals surface area contributed by atoms with Crippen molar-refractivity contribution in [2.75, 3.05) is 6.61 Å². The largest absolute Gasteiger partial charge is 0.391 e. The van der Waals surface area contributed by atoms with E-state index in [2.05, 4.69) is 16.7 Å². The van der Waals surface area contributed by atoms with Gasteiger partial charge in [-0.15, -0.1) is 11.3 Å². The van der Waals surface area contributed by atoms with Crippen LogP contribution in [-0.4, -0.2) is 17.3 Å². The molecule has 0 aliphatic carbocycles. The Morgan fingerprint density at radius 2 is 2.62 bits per heavy atom. The van der Waals surface area contributed by atoms with Crippen LogP contribution in [0.3, 0.4) is 0 Å². The highest BCUT2D eigenvalue weighted by atomic mass is 32.1. The minimum absolute atomic E-state index is 0.431. The van der Waals surface area contributed by atoms with Crippen LogP contribution in [0.5, 0.6) is 0 Å². The number of aryl methyl sites for hydroxylation is 1. The third-order valence-corrected chi connectivity index (χ3v) is 2.24. The van der Waals surface area contributed by atoms with Crippen molar-refractivity contribution in [3.8, 4) is 0 Å². The lowest BCUT2D eigenvalue weighted by Crippen LogP contribution is -1.98. The molecule has 0 radical (unpaired) electrons. The highest BCUT2D eigenvalue weighted by Crippen LogP contribution is 2.12. The Kier molecular flexibility index (Phi) is 3.64. The van der Waals surface area contributed by atoms with Gasteiger partial charge in [0, 0.05) is 4.88 Å². The summed E-state index contributed by atoms with van der Waals surface area (Å²) in [4.78, 5) is 10.3. The number of aromatic nitrogens is 1.